The van der Waals surface area contributed by atoms with Crippen LogP contribution in [0.25, 0.3) is 16.9 Å². The first-order valence-corrected chi connectivity index (χ1v) is 11.8. The normalized spacial score (nSPS) is 18.5. The lowest BCUT2D eigenvalue weighted by Crippen LogP contribution is -2.45. The number of aromatic nitrogens is 4. The van der Waals surface area contributed by atoms with Crippen molar-refractivity contribution in [3.05, 3.63) is 83.4 Å². The second kappa shape index (κ2) is 8.91. The summed E-state index contributed by atoms with van der Waals surface area (Å²) >= 11 is 0. The van der Waals surface area contributed by atoms with Crippen LogP contribution in [-0.4, -0.2) is 36.8 Å². The van der Waals surface area contributed by atoms with Gasteiger partial charge in [-0.1, -0.05) is 38.1 Å². The first kappa shape index (κ1) is 23.7. The van der Waals surface area contributed by atoms with Gasteiger partial charge in [-0.2, -0.15) is 10.2 Å². The minimum atomic E-state index is -0.869. The molecule has 0 radical (unpaired) electrons. The predicted molar refractivity (Wildman–Crippen MR) is 135 cm³/mol. The second-order valence-corrected chi connectivity index (χ2v) is 9.94. The van der Waals surface area contributed by atoms with E-state index in [4.69, 9.17) is 5.10 Å². The number of anilines is 1. The number of hydrogen-bond donors (Lipinski definition) is 3. The summed E-state index contributed by atoms with van der Waals surface area (Å²) in [6.07, 6.45) is 3.15. The number of aliphatic hydroxyl groups is 1. The van der Waals surface area contributed by atoms with Gasteiger partial charge in [-0.3, -0.25) is 10.00 Å². The van der Waals surface area contributed by atoms with Crippen LogP contribution in [0.3, 0.4) is 0 Å². The number of carbonyl (C=O) groups excluding carboxylic acids is 1. The number of amides is 2. The molecule has 3 N–H and O–H groups in total. The average Bonchev–Trinajstić information content (AvgIpc) is 3.40. The van der Waals surface area contributed by atoms with Gasteiger partial charge >= 0.3 is 6.03 Å². The lowest BCUT2D eigenvalue weighted by Gasteiger charge is -2.40. The fourth-order valence-electron chi connectivity index (χ4n) is 5.04. The molecule has 0 unspecified atom stereocenters. The van der Waals surface area contributed by atoms with Crippen LogP contribution in [-0.2, 0) is 12.5 Å². The lowest BCUT2D eigenvalue weighted by molar-refractivity contribution is 0.0881. The third-order valence-electron chi connectivity index (χ3n) is 6.80. The Morgan fingerprint density at radius 3 is 2.64 bits per heavy atom. The van der Waals surface area contributed by atoms with Crippen molar-refractivity contribution in [2.24, 2.45) is 7.05 Å². The number of aliphatic hydroxyl groups excluding tert-OH is 1. The van der Waals surface area contributed by atoms with Crippen molar-refractivity contribution in [1.82, 2.24) is 24.9 Å². The molecule has 0 saturated carbocycles. The maximum atomic E-state index is 14.2. The third kappa shape index (κ3) is 4.26. The Morgan fingerprint density at radius 2 is 1.94 bits per heavy atom. The molecule has 1 aliphatic rings. The van der Waals surface area contributed by atoms with Gasteiger partial charge in [0.2, 0.25) is 0 Å². The first-order chi connectivity index (χ1) is 17.1. The maximum absolute atomic E-state index is 14.2. The highest BCUT2D eigenvalue weighted by Gasteiger charge is 2.39. The molecule has 8 nitrogen and oxygen atoms in total. The number of benzene rings is 2. The molecule has 1 aliphatic carbocycles. The largest absolute Gasteiger partial charge is 0.391 e. The van der Waals surface area contributed by atoms with E-state index in [0.29, 0.717) is 23.5 Å². The summed E-state index contributed by atoms with van der Waals surface area (Å²) in [6, 6.07) is 12.8. The van der Waals surface area contributed by atoms with Gasteiger partial charge in [0, 0.05) is 24.4 Å². The van der Waals surface area contributed by atoms with Crippen molar-refractivity contribution in [3.8, 4) is 16.9 Å². The summed E-state index contributed by atoms with van der Waals surface area (Å²) in [4.78, 5) is 13.3. The molecule has 9 heteroatoms. The van der Waals surface area contributed by atoms with Crippen LogP contribution in [0.5, 0.6) is 0 Å². The molecule has 2 aromatic carbocycles. The molecule has 5 rings (SSSR count). The van der Waals surface area contributed by atoms with Gasteiger partial charge in [-0.15, -0.1) is 0 Å². The maximum Gasteiger partial charge on any atom is 0.320 e. The van der Waals surface area contributed by atoms with E-state index in [0.717, 1.165) is 22.4 Å². The zero-order chi connectivity index (χ0) is 25.6. The molecule has 0 spiro atoms. The summed E-state index contributed by atoms with van der Waals surface area (Å²) in [7, 11) is 1.83. The number of carbonyl (C=O) groups is 1. The van der Waals surface area contributed by atoms with Crippen LogP contribution >= 0.6 is 0 Å². The van der Waals surface area contributed by atoms with Crippen LogP contribution in [0.4, 0.5) is 15.0 Å². The third-order valence-corrected chi connectivity index (χ3v) is 6.80. The van der Waals surface area contributed by atoms with Crippen LogP contribution in [0.1, 0.15) is 43.0 Å². The summed E-state index contributed by atoms with van der Waals surface area (Å²) in [5.41, 5.74) is 4.19. The number of rotatable bonds is 4. The highest BCUT2D eigenvalue weighted by Crippen LogP contribution is 2.42. The Kier molecular flexibility index (Phi) is 5.88. The quantitative estimate of drug-likeness (QED) is 0.390. The second-order valence-electron chi connectivity index (χ2n) is 9.94. The van der Waals surface area contributed by atoms with E-state index in [9.17, 15) is 14.3 Å². The van der Waals surface area contributed by atoms with Crippen LogP contribution in [0.2, 0.25) is 0 Å². The topological polar surface area (TPSA) is 97.0 Å². The smallest absolute Gasteiger partial charge is 0.320 e. The molecule has 0 bridgehead atoms. The lowest BCUT2D eigenvalue weighted by atomic mass is 9.69. The fourth-order valence-corrected chi connectivity index (χ4v) is 5.04. The number of aryl methyl sites for hydroxylation is 1. The molecule has 4 aromatic rings. The number of para-hydroxylation sites is 1. The standard InChI is InChI=1S/C27H29FN6O2/c1-16-23(17-14-29-33(4)15-17)32-34(19-8-6-5-7-9-19)25(16)31-26(36)30-24-20-12-18(28)10-11-21(20)27(2,3)13-22(24)35/h5-12,14-15,22,24,35H,13H2,1-4H3,(H2,30,31,36)/t22-,24-/m1/s1. The van der Waals surface area contributed by atoms with Crippen molar-refractivity contribution in [1.29, 1.82) is 0 Å². The van der Waals surface area contributed by atoms with Crippen molar-refractivity contribution in [2.75, 3.05) is 5.32 Å². The monoisotopic (exact) mass is 488 g/mol. The highest BCUT2D eigenvalue weighted by molar-refractivity contribution is 5.91. The zero-order valence-corrected chi connectivity index (χ0v) is 20.7. The summed E-state index contributed by atoms with van der Waals surface area (Å²) < 4.78 is 17.5. The van der Waals surface area contributed by atoms with E-state index in [2.05, 4.69) is 15.7 Å². The van der Waals surface area contributed by atoms with Gasteiger partial charge in [-0.25, -0.2) is 13.9 Å². The first-order valence-electron chi connectivity index (χ1n) is 11.8. The molecule has 0 saturated heterocycles. The Labute approximate surface area is 208 Å². The van der Waals surface area contributed by atoms with E-state index in [-0.39, 0.29) is 5.41 Å². The van der Waals surface area contributed by atoms with Gasteiger partial charge in [0.15, 0.2) is 0 Å². The van der Waals surface area contributed by atoms with Crippen LogP contribution in [0, 0.1) is 12.7 Å². The molecule has 2 heterocycles. The number of fused-ring (bicyclic) bond motifs is 1. The average molecular weight is 489 g/mol. The van der Waals surface area contributed by atoms with E-state index < -0.39 is 24.0 Å². The van der Waals surface area contributed by atoms with Crippen molar-refractivity contribution < 1.29 is 14.3 Å². The molecule has 2 atom stereocenters. The van der Waals surface area contributed by atoms with Gasteiger partial charge in [0.05, 0.1) is 24.0 Å². The van der Waals surface area contributed by atoms with E-state index >= 15 is 0 Å². The summed E-state index contributed by atoms with van der Waals surface area (Å²) in [6.45, 7) is 5.89. The molecule has 186 valence electrons. The van der Waals surface area contributed by atoms with Gasteiger partial charge in [0.1, 0.15) is 17.3 Å². The predicted octanol–water partition coefficient (Wildman–Crippen LogP) is 4.63. The minimum absolute atomic E-state index is 0.349. The SMILES string of the molecule is Cc1c(-c2cnn(C)c2)nn(-c2ccccc2)c1NC(=O)N[C@@H]1c2cc(F)ccc2C(C)(C)C[C@H]1O. The van der Waals surface area contributed by atoms with Gasteiger partial charge in [-0.05, 0) is 54.2 Å². The summed E-state index contributed by atoms with van der Waals surface area (Å²) in [5.74, 6) is 0.0765. The number of hydrogen-bond acceptors (Lipinski definition) is 4. The highest BCUT2D eigenvalue weighted by atomic mass is 19.1. The Bertz CT molecular complexity index is 1430. The molecule has 0 fully saturated rings. The molecular formula is C27H29FN6O2. The number of nitrogens with one attached hydrogen (secondary N) is 2. The van der Waals surface area contributed by atoms with E-state index in [1.54, 1.807) is 21.6 Å². The van der Waals surface area contributed by atoms with E-state index in [1.165, 1.54) is 12.1 Å². The van der Waals surface area contributed by atoms with Crippen LogP contribution in [0.15, 0.2) is 60.9 Å². The Morgan fingerprint density at radius 1 is 1.19 bits per heavy atom. The molecule has 2 amide bonds. The van der Waals surface area contributed by atoms with Crippen molar-refractivity contribution in [2.45, 2.75) is 44.8 Å². The number of urea groups is 1. The molecule has 2 aromatic heterocycles. The van der Waals surface area contributed by atoms with E-state index in [1.807, 2.05) is 64.3 Å². The molecule has 0 aliphatic heterocycles. The minimum Gasteiger partial charge on any atom is -0.391 e. The number of nitrogens with zero attached hydrogens (tertiary/aromatic N) is 4. The van der Waals surface area contributed by atoms with Crippen LogP contribution < -0.4 is 10.6 Å². The van der Waals surface area contributed by atoms with Crippen molar-refractivity contribution >= 4 is 11.8 Å². The molecule has 36 heavy (non-hydrogen) atoms. The zero-order valence-electron chi connectivity index (χ0n) is 20.7. The van der Waals surface area contributed by atoms with Gasteiger partial charge < -0.3 is 10.4 Å². The fraction of sp³-hybridized carbons (Fsp3) is 0.296. The van der Waals surface area contributed by atoms with Crippen molar-refractivity contribution in [3.63, 3.8) is 0 Å². The Balaban J connectivity index is 1.49. The summed E-state index contributed by atoms with van der Waals surface area (Å²) in [5, 5.41) is 25.7. The number of halogens is 1. The Hall–Kier alpha value is -3.98. The van der Waals surface area contributed by atoms with Gasteiger partial charge in [0.25, 0.3) is 0 Å². The molecular weight excluding hydrogens is 459 g/mol.